The number of carbonyl (C=O) groups is 1. The third-order valence-electron chi connectivity index (χ3n) is 3.01. The minimum absolute atomic E-state index is 0.169. The molecule has 1 aromatic carbocycles. The van der Waals surface area contributed by atoms with Gasteiger partial charge >= 0.3 is 0 Å². The second-order valence-corrected chi connectivity index (χ2v) is 4.94. The Bertz CT molecular complexity index is 779. The van der Waals surface area contributed by atoms with Crippen LogP contribution in [0.25, 0.3) is 0 Å². The molecule has 0 aliphatic carbocycles. The quantitative estimate of drug-likeness (QED) is 0.799. The second-order valence-electron chi connectivity index (χ2n) is 4.53. The average molecular weight is 320 g/mol. The van der Waals surface area contributed by atoms with Crippen molar-refractivity contribution >= 4 is 23.3 Å². The molecule has 5 nitrogen and oxygen atoms in total. The first kappa shape index (κ1) is 14.3. The van der Waals surface area contributed by atoms with Crippen LogP contribution in [0.5, 0.6) is 0 Å². The molecule has 0 bridgehead atoms. The molecule has 22 heavy (non-hydrogen) atoms. The lowest BCUT2D eigenvalue weighted by atomic mass is 10.2. The van der Waals surface area contributed by atoms with Crippen molar-refractivity contribution in [3.05, 3.63) is 71.0 Å². The smallest absolute Gasteiger partial charge is 0.292 e. The van der Waals surface area contributed by atoms with Gasteiger partial charge < -0.3 is 9.73 Å². The number of benzene rings is 1. The van der Waals surface area contributed by atoms with Gasteiger partial charge in [-0.05, 0) is 24.3 Å². The molecule has 0 saturated carbocycles. The van der Waals surface area contributed by atoms with E-state index in [1.807, 2.05) is 0 Å². The van der Waals surface area contributed by atoms with Gasteiger partial charge in [-0.1, -0.05) is 17.7 Å². The first-order valence-corrected chi connectivity index (χ1v) is 6.82. The van der Waals surface area contributed by atoms with Gasteiger partial charge in [0.15, 0.2) is 11.6 Å². The summed E-state index contributed by atoms with van der Waals surface area (Å²) in [7, 11) is 0. The van der Waals surface area contributed by atoms with Gasteiger partial charge in [0.1, 0.15) is 5.82 Å². The Morgan fingerprint density at radius 1 is 1.32 bits per heavy atom. The molecule has 3 aromatic rings. The highest BCUT2D eigenvalue weighted by atomic mass is 35.5. The Hall–Kier alpha value is -2.60. The minimum Gasteiger partial charge on any atom is -0.459 e. The number of anilines is 1. The number of amides is 1. The van der Waals surface area contributed by atoms with Crippen LogP contribution in [0, 0.1) is 5.82 Å². The van der Waals surface area contributed by atoms with Crippen molar-refractivity contribution in [2.45, 2.75) is 6.54 Å². The molecular formula is C15H11ClFN3O2. The van der Waals surface area contributed by atoms with E-state index in [-0.39, 0.29) is 12.3 Å². The van der Waals surface area contributed by atoms with Crippen LogP contribution >= 0.6 is 11.6 Å². The molecule has 0 spiro atoms. The van der Waals surface area contributed by atoms with Gasteiger partial charge in [0, 0.05) is 22.8 Å². The number of aromatic nitrogens is 2. The Morgan fingerprint density at radius 3 is 2.91 bits per heavy atom. The van der Waals surface area contributed by atoms with E-state index in [9.17, 15) is 9.18 Å². The molecule has 0 aliphatic heterocycles. The van der Waals surface area contributed by atoms with Gasteiger partial charge in [0.25, 0.3) is 5.91 Å². The number of nitrogens with zero attached hydrogens (tertiary/aromatic N) is 2. The first-order valence-electron chi connectivity index (χ1n) is 6.44. The van der Waals surface area contributed by atoms with Crippen molar-refractivity contribution in [1.29, 1.82) is 0 Å². The molecule has 7 heteroatoms. The van der Waals surface area contributed by atoms with Crippen molar-refractivity contribution in [3.8, 4) is 0 Å². The van der Waals surface area contributed by atoms with Crippen LogP contribution in [0.3, 0.4) is 0 Å². The van der Waals surface area contributed by atoms with Gasteiger partial charge in [-0.15, -0.1) is 0 Å². The average Bonchev–Trinajstić information content (AvgIpc) is 3.15. The molecule has 1 amide bonds. The first-order chi connectivity index (χ1) is 10.6. The van der Waals surface area contributed by atoms with E-state index < -0.39 is 11.7 Å². The summed E-state index contributed by atoms with van der Waals surface area (Å²) in [5.74, 6) is -0.274. The summed E-state index contributed by atoms with van der Waals surface area (Å²) in [6.45, 7) is 0.169. The van der Waals surface area contributed by atoms with Crippen LogP contribution in [-0.2, 0) is 6.54 Å². The van der Waals surface area contributed by atoms with Crippen molar-refractivity contribution < 1.29 is 13.6 Å². The largest absolute Gasteiger partial charge is 0.459 e. The topological polar surface area (TPSA) is 60.1 Å². The molecule has 0 radical (unpaired) electrons. The zero-order valence-corrected chi connectivity index (χ0v) is 12.0. The Morgan fingerprint density at radius 2 is 2.18 bits per heavy atom. The summed E-state index contributed by atoms with van der Waals surface area (Å²) in [5, 5.41) is 7.07. The Labute approximate surface area is 130 Å². The van der Waals surface area contributed by atoms with Crippen LogP contribution < -0.4 is 5.32 Å². The zero-order valence-electron chi connectivity index (χ0n) is 11.3. The van der Waals surface area contributed by atoms with Gasteiger partial charge in [-0.3, -0.25) is 9.48 Å². The monoisotopic (exact) mass is 319 g/mol. The number of halogens is 2. The summed E-state index contributed by atoms with van der Waals surface area (Å²) in [6.07, 6.45) is 3.04. The zero-order chi connectivity index (χ0) is 15.5. The minimum atomic E-state index is -0.404. The fourth-order valence-electron chi connectivity index (χ4n) is 1.95. The third kappa shape index (κ3) is 3.01. The Kier molecular flexibility index (Phi) is 3.93. The van der Waals surface area contributed by atoms with E-state index >= 15 is 0 Å². The summed E-state index contributed by atoms with van der Waals surface area (Å²) >= 11 is 5.97. The SMILES string of the molecule is O=C(Nc1ccn(Cc2c(F)cccc2Cl)n1)c1ccco1. The van der Waals surface area contributed by atoms with Gasteiger partial charge in [-0.25, -0.2) is 4.39 Å². The predicted octanol–water partition coefficient (Wildman–Crippen LogP) is 3.57. The number of carbonyl (C=O) groups excluding carboxylic acids is 1. The fraction of sp³-hybridized carbons (Fsp3) is 0.0667. The highest BCUT2D eigenvalue weighted by Crippen LogP contribution is 2.20. The van der Waals surface area contributed by atoms with Crippen molar-refractivity contribution in [1.82, 2.24) is 9.78 Å². The van der Waals surface area contributed by atoms with Crippen LogP contribution in [-0.4, -0.2) is 15.7 Å². The number of nitrogens with one attached hydrogen (secondary N) is 1. The summed E-state index contributed by atoms with van der Waals surface area (Å²) in [5.41, 5.74) is 0.344. The van der Waals surface area contributed by atoms with Crippen LogP contribution in [0.1, 0.15) is 16.1 Å². The van der Waals surface area contributed by atoms with E-state index in [0.29, 0.717) is 16.4 Å². The molecule has 0 aliphatic rings. The summed E-state index contributed by atoms with van der Waals surface area (Å²) in [4.78, 5) is 11.8. The number of hydrogen-bond donors (Lipinski definition) is 1. The van der Waals surface area contributed by atoms with Gasteiger partial charge in [0.2, 0.25) is 0 Å². The molecule has 112 valence electrons. The van der Waals surface area contributed by atoms with E-state index in [1.54, 1.807) is 36.5 Å². The van der Waals surface area contributed by atoms with E-state index in [0.717, 1.165) is 0 Å². The molecule has 3 rings (SSSR count). The normalized spacial score (nSPS) is 10.6. The maximum absolute atomic E-state index is 13.7. The Balaban J connectivity index is 1.73. The molecule has 2 aromatic heterocycles. The van der Waals surface area contributed by atoms with Crippen LogP contribution in [0.2, 0.25) is 5.02 Å². The second kappa shape index (κ2) is 6.03. The lowest BCUT2D eigenvalue weighted by Gasteiger charge is -2.06. The number of furan rings is 1. The molecular weight excluding hydrogens is 309 g/mol. The van der Waals surface area contributed by atoms with Crippen molar-refractivity contribution in [2.75, 3.05) is 5.32 Å². The molecule has 2 heterocycles. The fourth-order valence-corrected chi connectivity index (χ4v) is 2.17. The van der Waals surface area contributed by atoms with Crippen molar-refractivity contribution in [2.24, 2.45) is 0 Å². The van der Waals surface area contributed by atoms with Crippen LogP contribution in [0.15, 0.2) is 53.3 Å². The van der Waals surface area contributed by atoms with Gasteiger partial charge in [0.05, 0.1) is 12.8 Å². The predicted molar refractivity (Wildman–Crippen MR) is 79.4 cm³/mol. The maximum Gasteiger partial charge on any atom is 0.292 e. The lowest BCUT2D eigenvalue weighted by molar-refractivity contribution is 0.0996. The van der Waals surface area contributed by atoms with E-state index in [1.165, 1.54) is 17.0 Å². The van der Waals surface area contributed by atoms with Gasteiger partial charge in [-0.2, -0.15) is 5.10 Å². The third-order valence-corrected chi connectivity index (χ3v) is 3.36. The van der Waals surface area contributed by atoms with Crippen LogP contribution in [0.4, 0.5) is 10.2 Å². The highest BCUT2D eigenvalue weighted by Gasteiger charge is 2.12. The lowest BCUT2D eigenvalue weighted by Crippen LogP contribution is -2.12. The molecule has 0 fully saturated rings. The van der Waals surface area contributed by atoms with E-state index in [4.69, 9.17) is 16.0 Å². The van der Waals surface area contributed by atoms with Crippen molar-refractivity contribution in [3.63, 3.8) is 0 Å². The highest BCUT2D eigenvalue weighted by molar-refractivity contribution is 6.31. The molecule has 1 N–H and O–H groups in total. The van der Waals surface area contributed by atoms with E-state index in [2.05, 4.69) is 10.4 Å². The maximum atomic E-state index is 13.7. The molecule has 0 unspecified atom stereocenters. The number of hydrogen-bond acceptors (Lipinski definition) is 3. The molecule has 0 saturated heterocycles. The number of rotatable bonds is 4. The standard InChI is InChI=1S/C15H11ClFN3O2/c16-11-3-1-4-12(17)10(11)9-20-7-6-14(19-20)18-15(21)13-5-2-8-22-13/h1-8H,9H2,(H,18,19,21). The summed E-state index contributed by atoms with van der Waals surface area (Å²) in [6, 6.07) is 9.27. The molecule has 0 atom stereocenters. The summed E-state index contributed by atoms with van der Waals surface area (Å²) < 4.78 is 20.2.